The second-order valence-electron chi connectivity index (χ2n) is 5.71. The standard InChI is InChI=1S/C17H22N4O4/c1-13(22)20-9-11-21(12-10-20)15(23)7-8-18-16(24)17(25)19-14-5-3-2-4-6-14/h2-6H,7-12H2,1H3,(H,18,24)(H,19,25). The first-order valence-corrected chi connectivity index (χ1v) is 8.15. The van der Waals surface area contributed by atoms with E-state index in [2.05, 4.69) is 10.6 Å². The summed E-state index contributed by atoms with van der Waals surface area (Å²) in [7, 11) is 0. The van der Waals surface area contributed by atoms with Crippen LogP contribution in [0.15, 0.2) is 30.3 Å². The fourth-order valence-corrected chi connectivity index (χ4v) is 2.50. The summed E-state index contributed by atoms with van der Waals surface area (Å²) in [5.74, 6) is -1.65. The van der Waals surface area contributed by atoms with Crippen molar-refractivity contribution >= 4 is 29.3 Å². The number of rotatable bonds is 4. The number of nitrogens with one attached hydrogen (secondary N) is 2. The number of hydrogen-bond donors (Lipinski definition) is 2. The molecule has 0 atom stereocenters. The highest BCUT2D eigenvalue weighted by Crippen LogP contribution is 2.05. The summed E-state index contributed by atoms with van der Waals surface area (Å²) >= 11 is 0. The molecule has 1 saturated heterocycles. The van der Waals surface area contributed by atoms with E-state index in [1.165, 1.54) is 6.92 Å². The molecule has 8 nitrogen and oxygen atoms in total. The van der Waals surface area contributed by atoms with Crippen LogP contribution < -0.4 is 10.6 Å². The molecule has 0 bridgehead atoms. The van der Waals surface area contributed by atoms with Gasteiger partial charge in [0.25, 0.3) is 0 Å². The molecule has 134 valence electrons. The van der Waals surface area contributed by atoms with Crippen LogP contribution in [0.2, 0.25) is 0 Å². The lowest BCUT2D eigenvalue weighted by Crippen LogP contribution is -2.50. The van der Waals surface area contributed by atoms with E-state index in [0.29, 0.717) is 31.9 Å². The zero-order valence-electron chi connectivity index (χ0n) is 14.2. The van der Waals surface area contributed by atoms with Crippen LogP contribution in [0, 0.1) is 0 Å². The molecule has 0 aromatic heterocycles. The molecule has 1 aromatic carbocycles. The van der Waals surface area contributed by atoms with Gasteiger partial charge in [0, 0.05) is 51.8 Å². The third kappa shape index (κ3) is 5.59. The van der Waals surface area contributed by atoms with Crippen molar-refractivity contribution in [1.29, 1.82) is 0 Å². The van der Waals surface area contributed by atoms with Crippen LogP contribution in [0.4, 0.5) is 5.69 Å². The number of piperazine rings is 1. The molecule has 2 rings (SSSR count). The zero-order chi connectivity index (χ0) is 18.2. The van der Waals surface area contributed by atoms with Crippen LogP contribution in [0.3, 0.4) is 0 Å². The topological polar surface area (TPSA) is 98.8 Å². The Hall–Kier alpha value is -2.90. The van der Waals surface area contributed by atoms with Crippen LogP contribution in [0.5, 0.6) is 0 Å². The number of amides is 4. The lowest BCUT2D eigenvalue weighted by atomic mass is 10.2. The fourth-order valence-electron chi connectivity index (χ4n) is 2.50. The molecule has 0 saturated carbocycles. The molecule has 0 aliphatic carbocycles. The Morgan fingerprint density at radius 2 is 1.52 bits per heavy atom. The van der Waals surface area contributed by atoms with E-state index in [1.54, 1.807) is 40.1 Å². The van der Waals surface area contributed by atoms with Gasteiger partial charge in [0.2, 0.25) is 11.8 Å². The Balaban J connectivity index is 1.68. The molecule has 1 fully saturated rings. The molecule has 2 N–H and O–H groups in total. The molecular weight excluding hydrogens is 324 g/mol. The molecular formula is C17H22N4O4. The van der Waals surface area contributed by atoms with E-state index in [1.807, 2.05) is 0 Å². The Kier molecular flexibility index (Phi) is 6.50. The van der Waals surface area contributed by atoms with E-state index in [9.17, 15) is 19.2 Å². The first kappa shape index (κ1) is 18.4. The van der Waals surface area contributed by atoms with Gasteiger partial charge in [-0.2, -0.15) is 0 Å². The van der Waals surface area contributed by atoms with Crippen molar-refractivity contribution < 1.29 is 19.2 Å². The molecule has 1 aromatic rings. The second kappa shape index (κ2) is 8.81. The summed E-state index contributed by atoms with van der Waals surface area (Å²) in [6.45, 7) is 3.61. The smallest absolute Gasteiger partial charge is 0.313 e. The molecule has 4 amide bonds. The maximum Gasteiger partial charge on any atom is 0.313 e. The third-order valence-corrected chi connectivity index (χ3v) is 3.94. The largest absolute Gasteiger partial charge is 0.347 e. The number of carbonyl (C=O) groups is 4. The molecule has 1 aliphatic rings. The molecule has 0 radical (unpaired) electrons. The summed E-state index contributed by atoms with van der Waals surface area (Å²) in [6.07, 6.45) is 0.116. The maximum atomic E-state index is 12.1. The first-order valence-electron chi connectivity index (χ1n) is 8.15. The number of carbonyl (C=O) groups excluding carboxylic acids is 4. The van der Waals surface area contributed by atoms with Crippen molar-refractivity contribution in [2.45, 2.75) is 13.3 Å². The van der Waals surface area contributed by atoms with Gasteiger partial charge in [-0.25, -0.2) is 0 Å². The van der Waals surface area contributed by atoms with Crippen molar-refractivity contribution in [2.24, 2.45) is 0 Å². The Morgan fingerprint density at radius 1 is 0.920 bits per heavy atom. The van der Waals surface area contributed by atoms with E-state index < -0.39 is 11.8 Å². The number of anilines is 1. The van der Waals surface area contributed by atoms with E-state index in [4.69, 9.17) is 0 Å². The highest BCUT2D eigenvalue weighted by Gasteiger charge is 2.22. The molecule has 1 aliphatic heterocycles. The van der Waals surface area contributed by atoms with Crippen LogP contribution in [-0.2, 0) is 19.2 Å². The summed E-state index contributed by atoms with van der Waals surface area (Å²) in [5.41, 5.74) is 0.530. The fraction of sp³-hybridized carbons (Fsp3) is 0.412. The minimum atomic E-state index is -0.780. The van der Waals surface area contributed by atoms with Gasteiger partial charge < -0.3 is 20.4 Å². The number of para-hydroxylation sites is 1. The molecule has 1 heterocycles. The SMILES string of the molecule is CC(=O)N1CCN(C(=O)CCNC(=O)C(=O)Nc2ccccc2)CC1. The predicted molar refractivity (Wildman–Crippen MR) is 91.5 cm³/mol. The quantitative estimate of drug-likeness (QED) is 0.739. The van der Waals surface area contributed by atoms with E-state index >= 15 is 0 Å². The molecule has 25 heavy (non-hydrogen) atoms. The molecule has 0 unspecified atom stereocenters. The van der Waals surface area contributed by atoms with Gasteiger partial charge >= 0.3 is 11.8 Å². The number of benzene rings is 1. The normalized spacial score (nSPS) is 14.0. The van der Waals surface area contributed by atoms with Gasteiger partial charge in [-0.05, 0) is 12.1 Å². The lowest BCUT2D eigenvalue weighted by Gasteiger charge is -2.34. The highest BCUT2D eigenvalue weighted by molar-refractivity contribution is 6.39. The van der Waals surface area contributed by atoms with E-state index in [-0.39, 0.29) is 24.8 Å². The van der Waals surface area contributed by atoms with Crippen molar-refractivity contribution in [3.63, 3.8) is 0 Å². The average Bonchev–Trinajstić information content (AvgIpc) is 2.62. The number of hydrogen-bond acceptors (Lipinski definition) is 4. The monoisotopic (exact) mass is 346 g/mol. The second-order valence-corrected chi connectivity index (χ2v) is 5.71. The third-order valence-electron chi connectivity index (χ3n) is 3.94. The first-order chi connectivity index (χ1) is 12.0. The van der Waals surface area contributed by atoms with Crippen molar-refractivity contribution in [3.05, 3.63) is 30.3 Å². The van der Waals surface area contributed by atoms with Crippen molar-refractivity contribution in [1.82, 2.24) is 15.1 Å². The van der Waals surface area contributed by atoms with Gasteiger partial charge in [-0.15, -0.1) is 0 Å². The minimum Gasteiger partial charge on any atom is -0.347 e. The van der Waals surface area contributed by atoms with Gasteiger partial charge in [0.15, 0.2) is 0 Å². The summed E-state index contributed by atoms with van der Waals surface area (Å²) in [5, 5.41) is 4.91. The summed E-state index contributed by atoms with van der Waals surface area (Å²) in [4.78, 5) is 50.2. The van der Waals surface area contributed by atoms with Crippen LogP contribution in [0.1, 0.15) is 13.3 Å². The Labute approximate surface area is 146 Å². The Bertz CT molecular complexity index is 639. The Morgan fingerprint density at radius 3 is 2.12 bits per heavy atom. The van der Waals surface area contributed by atoms with Gasteiger partial charge in [-0.3, -0.25) is 19.2 Å². The van der Waals surface area contributed by atoms with Crippen LogP contribution in [0.25, 0.3) is 0 Å². The lowest BCUT2D eigenvalue weighted by molar-refractivity contribution is -0.139. The predicted octanol–water partition coefficient (Wildman–Crippen LogP) is -0.178. The van der Waals surface area contributed by atoms with Crippen molar-refractivity contribution in [3.8, 4) is 0 Å². The molecule has 8 heteroatoms. The average molecular weight is 346 g/mol. The molecule has 0 spiro atoms. The zero-order valence-corrected chi connectivity index (χ0v) is 14.2. The van der Waals surface area contributed by atoms with Gasteiger partial charge in [-0.1, -0.05) is 18.2 Å². The van der Waals surface area contributed by atoms with Crippen LogP contribution >= 0.6 is 0 Å². The maximum absolute atomic E-state index is 12.1. The summed E-state index contributed by atoms with van der Waals surface area (Å²) in [6, 6.07) is 8.65. The van der Waals surface area contributed by atoms with E-state index in [0.717, 1.165) is 0 Å². The van der Waals surface area contributed by atoms with Gasteiger partial charge in [0.1, 0.15) is 0 Å². The number of nitrogens with zero attached hydrogens (tertiary/aromatic N) is 2. The van der Waals surface area contributed by atoms with Gasteiger partial charge in [0.05, 0.1) is 0 Å². The minimum absolute atomic E-state index is 0.00351. The highest BCUT2D eigenvalue weighted by atomic mass is 16.2. The summed E-state index contributed by atoms with van der Waals surface area (Å²) < 4.78 is 0. The van der Waals surface area contributed by atoms with Crippen molar-refractivity contribution in [2.75, 3.05) is 38.0 Å². The van der Waals surface area contributed by atoms with Crippen LogP contribution in [-0.4, -0.2) is 66.2 Å².